The molecular formula is C20H22ClFN4O2. The second kappa shape index (κ2) is 10.4. The number of hydrogen-bond donors (Lipinski definition) is 2. The molecule has 0 saturated heterocycles. The fourth-order valence-electron chi connectivity index (χ4n) is 2.54. The Labute approximate surface area is 168 Å². The number of carbonyl (C=O) groups excluding carboxylic acids is 2. The first-order chi connectivity index (χ1) is 13.5. The molecule has 0 radical (unpaired) electrons. The van der Waals surface area contributed by atoms with Crippen LogP contribution < -0.4 is 15.6 Å². The number of rotatable bonds is 8. The van der Waals surface area contributed by atoms with Crippen LogP contribution in [0.1, 0.15) is 29.8 Å². The normalized spacial score (nSPS) is 10.7. The van der Waals surface area contributed by atoms with Crippen LogP contribution in [0.4, 0.5) is 10.1 Å². The number of halogens is 2. The lowest BCUT2D eigenvalue weighted by molar-refractivity contribution is -0.120. The zero-order chi connectivity index (χ0) is 20.5. The van der Waals surface area contributed by atoms with Crippen LogP contribution in [0, 0.1) is 5.82 Å². The highest BCUT2D eigenvalue weighted by molar-refractivity contribution is 6.33. The summed E-state index contributed by atoms with van der Waals surface area (Å²) in [5, 5.41) is 6.14. The molecule has 0 aliphatic carbocycles. The van der Waals surface area contributed by atoms with Gasteiger partial charge in [0.05, 0.1) is 23.3 Å². The molecule has 0 saturated carbocycles. The number of benzene rings is 2. The van der Waals surface area contributed by atoms with E-state index in [9.17, 15) is 14.0 Å². The average Bonchev–Trinajstić information content (AvgIpc) is 2.68. The van der Waals surface area contributed by atoms with Crippen LogP contribution >= 0.6 is 11.6 Å². The van der Waals surface area contributed by atoms with Gasteiger partial charge in [-0.1, -0.05) is 29.8 Å². The Kier molecular flexibility index (Phi) is 7.95. The first-order valence-corrected chi connectivity index (χ1v) is 9.23. The molecule has 0 spiro atoms. The van der Waals surface area contributed by atoms with E-state index < -0.39 is 17.6 Å². The van der Waals surface area contributed by atoms with Gasteiger partial charge in [-0.05, 0) is 43.7 Å². The van der Waals surface area contributed by atoms with Crippen molar-refractivity contribution in [3.05, 3.63) is 64.4 Å². The highest BCUT2D eigenvalue weighted by Crippen LogP contribution is 2.18. The van der Waals surface area contributed by atoms with Gasteiger partial charge in [0, 0.05) is 18.8 Å². The van der Waals surface area contributed by atoms with Crippen molar-refractivity contribution in [2.45, 2.75) is 13.8 Å². The summed E-state index contributed by atoms with van der Waals surface area (Å²) in [6.07, 6.45) is 1.50. The van der Waals surface area contributed by atoms with Gasteiger partial charge in [0.2, 0.25) is 0 Å². The summed E-state index contributed by atoms with van der Waals surface area (Å²) in [6.45, 7) is 5.66. The minimum atomic E-state index is -0.769. The minimum Gasteiger partial charge on any atom is -0.372 e. The van der Waals surface area contributed by atoms with E-state index in [0.717, 1.165) is 30.4 Å². The quantitative estimate of drug-likeness (QED) is 0.524. The molecule has 148 valence electrons. The molecule has 0 aromatic heterocycles. The lowest BCUT2D eigenvalue weighted by atomic mass is 10.2. The van der Waals surface area contributed by atoms with Crippen molar-refractivity contribution >= 4 is 35.3 Å². The predicted octanol–water partition coefficient (Wildman–Crippen LogP) is 3.21. The molecule has 8 heteroatoms. The van der Waals surface area contributed by atoms with Crippen molar-refractivity contribution < 1.29 is 14.0 Å². The Morgan fingerprint density at radius 1 is 1.14 bits per heavy atom. The summed E-state index contributed by atoms with van der Waals surface area (Å²) in [6, 6.07) is 11.7. The first-order valence-electron chi connectivity index (χ1n) is 8.85. The topological polar surface area (TPSA) is 73.8 Å². The number of nitrogens with one attached hydrogen (secondary N) is 2. The maximum absolute atomic E-state index is 13.7. The third-order valence-corrected chi connectivity index (χ3v) is 4.34. The Morgan fingerprint density at radius 3 is 2.43 bits per heavy atom. The van der Waals surface area contributed by atoms with E-state index in [0.29, 0.717) is 0 Å². The van der Waals surface area contributed by atoms with Crippen LogP contribution in [0.15, 0.2) is 47.6 Å². The zero-order valence-electron chi connectivity index (χ0n) is 15.7. The van der Waals surface area contributed by atoms with Crippen molar-refractivity contribution in [2.75, 3.05) is 24.5 Å². The van der Waals surface area contributed by atoms with Crippen LogP contribution in [-0.4, -0.2) is 37.7 Å². The predicted molar refractivity (Wildman–Crippen MR) is 109 cm³/mol. The number of anilines is 1. The summed E-state index contributed by atoms with van der Waals surface area (Å²) in [4.78, 5) is 26.0. The Bertz CT molecular complexity index is 832. The van der Waals surface area contributed by atoms with Crippen molar-refractivity contribution in [2.24, 2.45) is 5.10 Å². The monoisotopic (exact) mass is 404 g/mol. The van der Waals surface area contributed by atoms with Crippen molar-refractivity contribution in [3.63, 3.8) is 0 Å². The van der Waals surface area contributed by atoms with Gasteiger partial charge in [-0.25, -0.2) is 9.82 Å². The molecule has 0 heterocycles. The molecule has 2 N–H and O–H groups in total. The third-order valence-electron chi connectivity index (χ3n) is 4.02. The molecule has 28 heavy (non-hydrogen) atoms. The van der Waals surface area contributed by atoms with E-state index in [4.69, 9.17) is 11.6 Å². The van der Waals surface area contributed by atoms with E-state index in [1.165, 1.54) is 18.3 Å². The first kappa shape index (κ1) is 21.4. The number of hydrazone groups is 1. The summed E-state index contributed by atoms with van der Waals surface area (Å²) in [7, 11) is 0. The molecule has 2 amide bonds. The van der Waals surface area contributed by atoms with Gasteiger partial charge < -0.3 is 10.2 Å². The lowest BCUT2D eigenvalue weighted by Gasteiger charge is -2.20. The molecule has 6 nitrogen and oxygen atoms in total. The van der Waals surface area contributed by atoms with Gasteiger partial charge in [0.25, 0.3) is 11.8 Å². The van der Waals surface area contributed by atoms with Crippen molar-refractivity contribution in [1.82, 2.24) is 10.7 Å². The zero-order valence-corrected chi connectivity index (χ0v) is 16.5. The fraction of sp³-hybridized carbons (Fsp3) is 0.250. The van der Waals surface area contributed by atoms with E-state index in [1.807, 2.05) is 24.3 Å². The maximum atomic E-state index is 13.7. The maximum Gasteiger partial charge on any atom is 0.259 e. The van der Waals surface area contributed by atoms with Crippen LogP contribution in [-0.2, 0) is 4.79 Å². The second-order valence-electron chi connectivity index (χ2n) is 5.84. The molecule has 0 atom stereocenters. The minimum absolute atomic E-state index is 0.0240. The van der Waals surface area contributed by atoms with Gasteiger partial charge in [-0.15, -0.1) is 0 Å². The molecule has 0 fully saturated rings. The van der Waals surface area contributed by atoms with Gasteiger partial charge in [-0.3, -0.25) is 9.59 Å². The number of amides is 2. The van der Waals surface area contributed by atoms with Crippen LogP contribution in [0.2, 0.25) is 5.02 Å². The molecule has 2 aromatic carbocycles. The van der Waals surface area contributed by atoms with E-state index in [2.05, 4.69) is 34.6 Å². The van der Waals surface area contributed by atoms with Crippen LogP contribution in [0.25, 0.3) is 0 Å². The summed E-state index contributed by atoms with van der Waals surface area (Å²) >= 11 is 5.81. The van der Waals surface area contributed by atoms with Gasteiger partial charge >= 0.3 is 0 Å². The second-order valence-corrected chi connectivity index (χ2v) is 6.24. The van der Waals surface area contributed by atoms with E-state index in [-0.39, 0.29) is 17.1 Å². The highest BCUT2D eigenvalue weighted by Gasteiger charge is 2.16. The number of carbonyl (C=O) groups is 2. The molecule has 0 bridgehead atoms. The highest BCUT2D eigenvalue weighted by atomic mass is 35.5. The van der Waals surface area contributed by atoms with E-state index >= 15 is 0 Å². The Morgan fingerprint density at radius 2 is 1.82 bits per heavy atom. The smallest absolute Gasteiger partial charge is 0.259 e. The van der Waals surface area contributed by atoms with Crippen molar-refractivity contribution in [3.8, 4) is 0 Å². The van der Waals surface area contributed by atoms with Crippen LogP contribution in [0.3, 0.4) is 0 Å². The molecule has 0 aliphatic heterocycles. The number of nitrogens with zero attached hydrogens (tertiary/aromatic N) is 2. The van der Waals surface area contributed by atoms with Gasteiger partial charge in [0.1, 0.15) is 5.82 Å². The molecular weight excluding hydrogens is 383 g/mol. The Balaban J connectivity index is 1.84. The SMILES string of the molecule is CCN(CC)c1ccc(/C=N\NC(=O)CNC(=O)c2c(F)cccc2Cl)cc1. The van der Waals surface area contributed by atoms with E-state index in [1.54, 1.807) is 0 Å². The summed E-state index contributed by atoms with van der Waals surface area (Å²) < 4.78 is 13.7. The summed E-state index contributed by atoms with van der Waals surface area (Å²) in [5.74, 6) is -2.07. The fourth-order valence-corrected chi connectivity index (χ4v) is 2.79. The molecule has 2 rings (SSSR count). The van der Waals surface area contributed by atoms with Gasteiger partial charge in [-0.2, -0.15) is 5.10 Å². The Hall–Kier alpha value is -2.93. The summed E-state index contributed by atoms with van der Waals surface area (Å²) in [5.41, 5.74) is 3.94. The standard InChI is InChI=1S/C20H22ClFN4O2/c1-3-26(4-2)15-10-8-14(9-11-15)12-24-25-18(27)13-23-20(28)19-16(21)6-5-7-17(19)22/h5-12H,3-4,13H2,1-2H3,(H,23,28)(H,25,27)/b24-12-. The van der Waals surface area contributed by atoms with Crippen molar-refractivity contribution in [1.29, 1.82) is 0 Å². The molecule has 0 unspecified atom stereocenters. The average molecular weight is 405 g/mol. The molecule has 2 aromatic rings. The van der Waals surface area contributed by atoms with Crippen LogP contribution in [0.5, 0.6) is 0 Å². The lowest BCUT2D eigenvalue weighted by Crippen LogP contribution is -2.35. The largest absolute Gasteiger partial charge is 0.372 e. The van der Waals surface area contributed by atoms with Gasteiger partial charge in [0.15, 0.2) is 0 Å². The molecule has 0 aliphatic rings. The number of hydrogen-bond acceptors (Lipinski definition) is 4. The third kappa shape index (κ3) is 5.79.